The van der Waals surface area contributed by atoms with Gasteiger partial charge in [-0.05, 0) is 24.6 Å². The van der Waals surface area contributed by atoms with E-state index in [1.165, 1.54) is 4.90 Å². The molecule has 0 spiro atoms. The molecule has 104 valence electrons. The highest BCUT2D eigenvalue weighted by molar-refractivity contribution is 5.94. The van der Waals surface area contributed by atoms with E-state index in [4.69, 9.17) is 0 Å². The van der Waals surface area contributed by atoms with Gasteiger partial charge >= 0.3 is 6.18 Å². The second kappa shape index (κ2) is 4.80. The summed E-state index contributed by atoms with van der Waals surface area (Å²) >= 11 is 0. The van der Waals surface area contributed by atoms with Crippen LogP contribution in [0.1, 0.15) is 22.3 Å². The molecule has 3 nitrogen and oxygen atoms in total. The fraction of sp³-hybridized carbons (Fsp3) is 0.417. The Morgan fingerprint density at radius 2 is 2.05 bits per heavy atom. The van der Waals surface area contributed by atoms with Crippen LogP contribution in [0.15, 0.2) is 18.2 Å². The monoisotopic (exact) mass is 277 g/mol. The normalized spacial score (nSPS) is 19.8. The van der Waals surface area contributed by atoms with Gasteiger partial charge in [0.25, 0.3) is 5.91 Å². The number of alkyl halides is 3. The zero-order valence-electron chi connectivity index (χ0n) is 9.75. The summed E-state index contributed by atoms with van der Waals surface area (Å²) in [6, 6.07) is 2.14. The largest absolute Gasteiger partial charge is 0.419 e. The van der Waals surface area contributed by atoms with Gasteiger partial charge in [0.05, 0.1) is 11.7 Å². The van der Waals surface area contributed by atoms with Gasteiger partial charge in [-0.2, -0.15) is 13.2 Å². The van der Waals surface area contributed by atoms with Crippen molar-refractivity contribution in [3.05, 3.63) is 35.1 Å². The third kappa shape index (κ3) is 2.86. The molecule has 0 bridgehead atoms. The van der Waals surface area contributed by atoms with Gasteiger partial charge in [-0.25, -0.2) is 4.39 Å². The van der Waals surface area contributed by atoms with Crippen LogP contribution in [-0.4, -0.2) is 35.1 Å². The molecule has 19 heavy (non-hydrogen) atoms. The lowest BCUT2D eigenvalue weighted by molar-refractivity contribution is -0.140. The number of aliphatic hydroxyl groups is 1. The molecule has 1 aliphatic heterocycles. The predicted octanol–water partition coefficient (Wildman–Crippen LogP) is 2.05. The topological polar surface area (TPSA) is 40.5 Å². The van der Waals surface area contributed by atoms with Gasteiger partial charge in [-0.3, -0.25) is 4.79 Å². The minimum atomic E-state index is -4.84. The van der Waals surface area contributed by atoms with E-state index in [0.717, 1.165) is 6.07 Å². The fourth-order valence-electron chi connectivity index (χ4n) is 1.98. The Labute approximate surface area is 106 Å². The highest BCUT2D eigenvalue weighted by Gasteiger charge is 2.35. The van der Waals surface area contributed by atoms with Gasteiger partial charge < -0.3 is 10.0 Å². The Morgan fingerprint density at radius 1 is 1.37 bits per heavy atom. The highest BCUT2D eigenvalue weighted by atomic mass is 19.4. The van der Waals surface area contributed by atoms with Crippen molar-refractivity contribution in [1.29, 1.82) is 0 Å². The van der Waals surface area contributed by atoms with E-state index in [1.807, 2.05) is 0 Å². The number of aliphatic hydroxyl groups excluding tert-OH is 1. The van der Waals surface area contributed by atoms with Gasteiger partial charge in [-0.1, -0.05) is 0 Å². The molecule has 1 aliphatic rings. The lowest BCUT2D eigenvalue weighted by Crippen LogP contribution is -2.29. The third-order valence-corrected chi connectivity index (χ3v) is 2.97. The van der Waals surface area contributed by atoms with Crippen molar-refractivity contribution < 1.29 is 27.5 Å². The number of likely N-dealkylation sites (tertiary alicyclic amines) is 1. The molecule has 1 aromatic carbocycles. The first-order valence-electron chi connectivity index (χ1n) is 5.63. The van der Waals surface area contributed by atoms with E-state index < -0.39 is 29.6 Å². The molecule has 0 unspecified atom stereocenters. The molecule has 7 heteroatoms. The van der Waals surface area contributed by atoms with Crippen molar-refractivity contribution in [2.75, 3.05) is 13.1 Å². The van der Waals surface area contributed by atoms with Gasteiger partial charge in [0.2, 0.25) is 0 Å². The number of halogens is 4. The lowest BCUT2D eigenvalue weighted by atomic mass is 10.1. The molecule has 2 rings (SSSR count). The van der Waals surface area contributed by atoms with Crippen LogP contribution in [0, 0.1) is 5.82 Å². The van der Waals surface area contributed by atoms with E-state index in [9.17, 15) is 27.5 Å². The molecule has 1 aromatic rings. The zero-order valence-corrected chi connectivity index (χ0v) is 9.75. The summed E-state index contributed by atoms with van der Waals surface area (Å²) in [5.74, 6) is -2.05. The summed E-state index contributed by atoms with van der Waals surface area (Å²) in [7, 11) is 0. The van der Waals surface area contributed by atoms with Crippen LogP contribution in [0.5, 0.6) is 0 Å². The molecule has 1 fully saturated rings. The molecule has 1 atom stereocenters. The van der Waals surface area contributed by atoms with Crippen LogP contribution < -0.4 is 0 Å². The molecule has 0 aromatic heterocycles. The standard InChI is InChI=1S/C12H11F4NO2/c13-10-2-1-7(5-9(10)12(14,15)16)11(19)17-4-3-8(18)6-17/h1-2,5,8,18H,3-4,6H2/t8-/m1/s1. The van der Waals surface area contributed by atoms with Crippen LogP contribution in [-0.2, 0) is 6.18 Å². The first kappa shape index (κ1) is 13.8. The van der Waals surface area contributed by atoms with Crippen LogP contribution in [0.4, 0.5) is 17.6 Å². The molecule has 1 amide bonds. The quantitative estimate of drug-likeness (QED) is 0.798. The number of nitrogens with zero attached hydrogens (tertiary/aromatic N) is 1. The van der Waals surface area contributed by atoms with Gasteiger partial charge in [0.1, 0.15) is 5.82 Å². The Morgan fingerprint density at radius 3 is 2.58 bits per heavy atom. The molecule has 0 radical (unpaired) electrons. The van der Waals surface area contributed by atoms with E-state index in [-0.39, 0.29) is 18.7 Å². The number of amides is 1. The summed E-state index contributed by atoms with van der Waals surface area (Å²) in [6.07, 6.45) is -5.12. The average molecular weight is 277 g/mol. The average Bonchev–Trinajstić information content (AvgIpc) is 2.74. The summed E-state index contributed by atoms with van der Waals surface area (Å²) in [5, 5.41) is 9.29. The Hall–Kier alpha value is -1.63. The maximum absolute atomic E-state index is 13.1. The SMILES string of the molecule is O=C(c1ccc(F)c(C(F)(F)F)c1)N1CC[C@@H](O)C1. The zero-order chi connectivity index (χ0) is 14.2. The number of hydrogen-bond acceptors (Lipinski definition) is 2. The maximum atomic E-state index is 13.1. The van der Waals surface area contributed by atoms with Crippen molar-refractivity contribution in [3.8, 4) is 0 Å². The third-order valence-electron chi connectivity index (χ3n) is 2.97. The summed E-state index contributed by atoms with van der Waals surface area (Å²) in [6.45, 7) is 0.357. The predicted molar refractivity (Wildman–Crippen MR) is 57.9 cm³/mol. The minimum Gasteiger partial charge on any atom is -0.391 e. The number of rotatable bonds is 1. The second-order valence-electron chi connectivity index (χ2n) is 4.39. The summed E-state index contributed by atoms with van der Waals surface area (Å²) in [4.78, 5) is 13.2. The van der Waals surface area contributed by atoms with Crippen molar-refractivity contribution in [2.24, 2.45) is 0 Å². The fourth-order valence-corrected chi connectivity index (χ4v) is 1.98. The number of β-amino-alcohol motifs (C(OH)–C–C–N with tert-alkyl or cyclic N) is 1. The number of benzene rings is 1. The number of carbonyl (C=O) groups is 1. The number of hydrogen-bond donors (Lipinski definition) is 1. The molecule has 1 heterocycles. The summed E-state index contributed by atoms with van der Waals surface area (Å²) in [5.41, 5.74) is -1.69. The molecule has 0 aliphatic carbocycles. The smallest absolute Gasteiger partial charge is 0.391 e. The molecule has 0 saturated carbocycles. The van der Waals surface area contributed by atoms with Crippen LogP contribution in [0.25, 0.3) is 0 Å². The van der Waals surface area contributed by atoms with E-state index in [0.29, 0.717) is 18.6 Å². The van der Waals surface area contributed by atoms with Crippen LogP contribution in [0.3, 0.4) is 0 Å². The van der Waals surface area contributed by atoms with Crippen molar-refractivity contribution in [2.45, 2.75) is 18.7 Å². The molecular formula is C12H11F4NO2. The minimum absolute atomic E-state index is 0.0809. The van der Waals surface area contributed by atoms with Gasteiger partial charge in [-0.15, -0.1) is 0 Å². The van der Waals surface area contributed by atoms with E-state index >= 15 is 0 Å². The second-order valence-corrected chi connectivity index (χ2v) is 4.39. The highest BCUT2D eigenvalue weighted by Crippen LogP contribution is 2.32. The number of carbonyl (C=O) groups excluding carboxylic acids is 1. The molecular weight excluding hydrogens is 266 g/mol. The van der Waals surface area contributed by atoms with Gasteiger partial charge in [0.15, 0.2) is 0 Å². The van der Waals surface area contributed by atoms with E-state index in [2.05, 4.69) is 0 Å². The maximum Gasteiger partial charge on any atom is 0.419 e. The van der Waals surface area contributed by atoms with Crippen molar-refractivity contribution in [3.63, 3.8) is 0 Å². The van der Waals surface area contributed by atoms with Crippen molar-refractivity contribution >= 4 is 5.91 Å². The Balaban J connectivity index is 2.28. The Bertz CT molecular complexity index is 501. The van der Waals surface area contributed by atoms with Gasteiger partial charge in [0, 0.05) is 18.7 Å². The van der Waals surface area contributed by atoms with Crippen molar-refractivity contribution in [1.82, 2.24) is 4.90 Å². The molecule has 1 N–H and O–H groups in total. The van der Waals surface area contributed by atoms with Crippen LogP contribution in [0.2, 0.25) is 0 Å². The lowest BCUT2D eigenvalue weighted by Gasteiger charge is -2.16. The summed E-state index contributed by atoms with van der Waals surface area (Å²) < 4.78 is 50.7. The Kier molecular flexibility index (Phi) is 3.49. The van der Waals surface area contributed by atoms with E-state index in [1.54, 1.807) is 0 Å². The molecule has 1 saturated heterocycles. The first-order valence-corrected chi connectivity index (χ1v) is 5.63. The first-order chi connectivity index (χ1) is 8.79. The van der Waals surface area contributed by atoms with Crippen LogP contribution >= 0.6 is 0 Å².